The zero-order chi connectivity index (χ0) is 14.0. The molecule has 0 heterocycles. The van der Waals surface area contributed by atoms with E-state index in [1.165, 1.54) is 0 Å². The van der Waals surface area contributed by atoms with Crippen LogP contribution in [0.15, 0.2) is 28.7 Å². The van der Waals surface area contributed by atoms with Gasteiger partial charge in [0.1, 0.15) is 0 Å². The number of nitrogens with one attached hydrogen (secondary N) is 1. The molecule has 102 valence electrons. The summed E-state index contributed by atoms with van der Waals surface area (Å²) in [6.07, 6.45) is 0.0869. The van der Waals surface area contributed by atoms with E-state index in [0.29, 0.717) is 11.6 Å². The van der Waals surface area contributed by atoms with Gasteiger partial charge in [-0.25, -0.2) is 0 Å². The summed E-state index contributed by atoms with van der Waals surface area (Å²) in [7, 11) is 0. The van der Waals surface area contributed by atoms with Crippen LogP contribution in [-0.4, -0.2) is 18.0 Å². The second kappa shape index (κ2) is 5.74. The van der Waals surface area contributed by atoms with Crippen molar-refractivity contribution in [1.29, 1.82) is 0 Å². The number of carbonyl (C=O) groups excluding carboxylic acids is 2. The third-order valence-electron chi connectivity index (χ3n) is 3.19. The number of anilines is 1. The molecule has 0 bridgehead atoms. The van der Waals surface area contributed by atoms with Gasteiger partial charge in [-0.05, 0) is 43.5 Å². The molecule has 1 aliphatic carbocycles. The fourth-order valence-electron chi connectivity index (χ4n) is 1.74. The largest absolute Gasteiger partial charge is 0.452 e. The number of carbonyl (C=O) groups is 2. The Morgan fingerprint density at radius 2 is 1.95 bits per heavy atom. The lowest BCUT2D eigenvalue weighted by Gasteiger charge is -2.13. The lowest BCUT2D eigenvalue weighted by molar-refractivity contribution is -0.154. The van der Waals surface area contributed by atoms with E-state index in [9.17, 15) is 9.59 Å². The summed E-state index contributed by atoms with van der Waals surface area (Å²) in [5.41, 5.74) is 0.677. The van der Waals surface area contributed by atoms with E-state index in [0.717, 1.165) is 10.9 Å². The highest BCUT2D eigenvalue weighted by atomic mass is 79.9. The lowest BCUT2D eigenvalue weighted by Crippen LogP contribution is -2.30. The predicted octanol–water partition coefficient (Wildman–Crippen LogP) is 2.98. The first kappa shape index (κ1) is 14.1. The van der Waals surface area contributed by atoms with Crippen molar-refractivity contribution in [2.75, 3.05) is 5.32 Å². The van der Waals surface area contributed by atoms with Gasteiger partial charge >= 0.3 is 5.97 Å². The molecule has 0 aromatic heterocycles. The summed E-state index contributed by atoms with van der Waals surface area (Å²) in [6.45, 7) is 3.58. The van der Waals surface area contributed by atoms with Crippen LogP contribution in [0.25, 0.3) is 0 Å². The van der Waals surface area contributed by atoms with Crippen LogP contribution in [0.1, 0.15) is 20.3 Å². The van der Waals surface area contributed by atoms with Crippen LogP contribution in [0.4, 0.5) is 5.69 Å². The maximum atomic E-state index is 11.9. The van der Waals surface area contributed by atoms with Gasteiger partial charge in [0.05, 0.1) is 5.92 Å². The molecule has 5 heteroatoms. The molecular weight excluding hydrogens is 310 g/mol. The van der Waals surface area contributed by atoms with Gasteiger partial charge in [0, 0.05) is 10.2 Å². The highest BCUT2D eigenvalue weighted by Crippen LogP contribution is 2.38. The summed E-state index contributed by atoms with van der Waals surface area (Å²) in [4.78, 5) is 23.5. The SMILES string of the molecule is C[C@H](OC(=O)[C@H]1C[C@@H]1C)C(=O)Nc1ccc(Br)cc1. The number of benzene rings is 1. The first-order valence-electron chi connectivity index (χ1n) is 6.24. The van der Waals surface area contributed by atoms with Gasteiger partial charge in [0.15, 0.2) is 6.10 Å². The van der Waals surface area contributed by atoms with E-state index in [1.807, 2.05) is 19.1 Å². The maximum Gasteiger partial charge on any atom is 0.309 e. The van der Waals surface area contributed by atoms with Crippen LogP contribution in [0.5, 0.6) is 0 Å². The minimum atomic E-state index is -0.774. The van der Waals surface area contributed by atoms with Gasteiger partial charge < -0.3 is 10.1 Å². The summed E-state index contributed by atoms with van der Waals surface area (Å²) < 4.78 is 6.08. The molecular formula is C14H16BrNO3. The Morgan fingerprint density at radius 1 is 1.37 bits per heavy atom. The lowest BCUT2D eigenvalue weighted by atomic mass is 10.3. The number of hydrogen-bond donors (Lipinski definition) is 1. The van der Waals surface area contributed by atoms with E-state index in [2.05, 4.69) is 21.2 Å². The smallest absolute Gasteiger partial charge is 0.309 e. The molecule has 1 saturated carbocycles. The summed E-state index contributed by atoms with van der Waals surface area (Å²) >= 11 is 3.32. The quantitative estimate of drug-likeness (QED) is 0.866. The third kappa shape index (κ3) is 3.80. The maximum absolute atomic E-state index is 11.9. The van der Waals surface area contributed by atoms with Crippen LogP contribution in [-0.2, 0) is 14.3 Å². The Kier molecular flexibility index (Phi) is 4.24. The van der Waals surface area contributed by atoms with Gasteiger partial charge in [-0.15, -0.1) is 0 Å². The van der Waals surface area contributed by atoms with Gasteiger partial charge in [-0.3, -0.25) is 9.59 Å². The number of rotatable bonds is 4. The molecule has 1 aromatic rings. The zero-order valence-corrected chi connectivity index (χ0v) is 12.4. The molecule has 0 spiro atoms. The predicted molar refractivity (Wildman–Crippen MR) is 75.6 cm³/mol. The minimum absolute atomic E-state index is 0.0251. The van der Waals surface area contributed by atoms with Crippen molar-refractivity contribution >= 4 is 33.5 Å². The third-order valence-corrected chi connectivity index (χ3v) is 3.71. The molecule has 2 rings (SSSR count). The number of hydrogen-bond acceptors (Lipinski definition) is 3. The van der Waals surface area contributed by atoms with Crippen molar-refractivity contribution in [3.8, 4) is 0 Å². The van der Waals surface area contributed by atoms with E-state index in [-0.39, 0.29) is 17.8 Å². The highest BCUT2D eigenvalue weighted by molar-refractivity contribution is 9.10. The highest BCUT2D eigenvalue weighted by Gasteiger charge is 2.41. The second-order valence-electron chi connectivity index (χ2n) is 4.89. The van der Waals surface area contributed by atoms with Crippen molar-refractivity contribution in [2.24, 2.45) is 11.8 Å². The molecule has 1 N–H and O–H groups in total. The average molecular weight is 326 g/mol. The standard InChI is InChI=1S/C14H16BrNO3/c1-8-7-12(8)14(18)19-9(2)13(17)16-11-5-3-10(15)4-6-11/h3-6,8-9,12H,7H2,1-2H3,(H,16,17)/t8-,9-,12-/m0/s1. The first-order chi connectivity index (χ1) is 8.97. The summed E-state index contributed by atoms with van der Waals surface area (Å²) in [6, 6.07) is 7.22. The van der Waals surface area contributed by atoms with Crippen molar-refractivity contribution in [3.05, 3.63) is 28.7 Å². The molecule has 1 fully saturated rings. The van der Waals surface area contributed by atoms with Gasteiger partial charge in [0.2, 0.25) is 0 Å². The first-order valence-corrected chi connectivity index (χ1v) is 7.03. The van der Waals surface area contributed by atoms with E-state index in [4.69, 9.17) is 4.74 Å². The van der Waals surface area contributed by atoms with Crippen LogP contribution < -0.4 is 5.32 Å². The van der Waals surface area contributed by atoms with E-state index >= 15 is 0 Å². The number of halogens is 1. The Labute approximate surface area is 120 Å². The normalized spacial score (nSPS) is 22.5. The topological polar surface area (TPSA) is 55.4 Å². The Morgan fingerprint density at radius 3 is 2.47 bits per heavy atom. The second-order valence-corrected chi connectivity index (χ2v) is 5.81. The van der Waals surface area contributed by atoms with E-state index < -0.39 is 6.10 Å². The molecule has 19 heavy (non-hydrogen) atoms. The van der Waals surface area contributed by atoms with Crippen LogP contribution >= 0.6 is 15.9 Å². The fraction of sp³-hybridized carbons (Fsp3) is 0.429. The molecule has 0 radical (unpaired) electrons. The van der Waals surface area contributed by atoms with Gasteiger partial charge in [-0.1, -0.05) is 22.9 Å². The molecule has 0 saturated heterocycles. The molecule has 0 aliphatic heterocycles. The average Bonchev–Trinajstić information content (AvgIpc) is 3.09. The van der Waals surface area contributed by atoms with Gasteiger partial charge in [0.25, 0.3) is 5.91 Å². The van der Waals surface area contributed by atoms with Crippen LogP contribution in [0.3, 0.4) is 0 Å². The summed E-state index contributed by atoms with van der Waals surface area (Å²) in [5.74, 6) is -0.230. The minimum Gasteiger partial charge on any atom is -0.452 e. The van der Waals surface area contributed by atoms with Crippen LogP contribution in [0, 0.1) is 11.8 Å². The van der Waals surface area contributed by atoms with Crippen molar-refractivity contribution in [1.82, 2.24) is 0 Å². The number of esters is 1. The molecule has 3 atom stereocenters. The molecule has 0 unspecified atom stereocenters. The Balaban J connectivity index is 1.85. The molecule has 4 nitrogen and oxygen atoms in total. The monoisotopic (exact) mass is 325 g/mol. The summed E-state index contributed by atoms with van der Waals surface area (Å²) in [5, 5.41) is 2.71. The molecule has 1 amide bonds. The Hall–Kier alpha value is -1.36. The van der Waals surface area contributed by atoms with E-state index in [1.54, 1.807) is 19.1 Å². The van der Waals surface area contributed by atoms with Crippen molar-refractivity contribution in [3.63, 3.8) is 0 Å². The zero-order valence-electron chi connectivity index (χ0n) is 10.9. The van der Waals surface area contributed by atoms with Crippen molar-refractivity contribution in [2.45, 2.75) is 26.4 Å². The Bertz CT molecular complexity index is 486. The fourth-order valence-corrected chi connectivity index (χ4v) is 2.01. The number of ether oxygens (including phenoxy) is 1. The molecule has 1 aliphatic rings. The number of amides is 1. The van der Waals surface area contributed by atoms with Crippen LogP contribution in [0.2, 0.25) is 0 Å². The van der Waals surface area contributed by atoms with Crippen molar-refractivity contribution < 1.29 is 14.3 Å². The molecule has 1 aromatic carbocycles. The van der Waals surface area contributed by atoms with Gasteiger partial charge in [-0.2, -0.15) is 0 Å².